The number of hydrogen-bond donors (Lipinski definition) is 2. The number of nitrogens with one attached hydrogen (secondary N) is 2. The molecule has 2 amide bonds. The molecule has 2 aromatic carbocycles. The van der Waals surface area contributed by atoms with Gasteiger partial charge in [0.05, 0.1) is 6.33 Å². The molecule has 0 unspecified atom stereocenters. The molecule has 1 aliphatic rings. The lowest BCUT2D eigenvalue weighted by Gasteiger charge is -2.20. The van der Waals surface area contributed by atoms with Crippen molar-refractivity contribution < 1.29 is 9.59 Å². The van der Waals surface area contributed by atoms with Crippen LogP contribution in [-0.2, 0) is 11.3 Å². The molecule has 1 fully saturated rings. The van der Waals surface area contributed by atoms with E-state index < -0.39 is 0 Å². The minimum atomic E-state index is -0.233. The summed E-state index contributed by atoms with van der Waals surface area (Å²) < 4.78 is 1.88. The van der Waals surface area contributed by atoms with Crippen molar-refractivity contribution in [2.24, 2.45) is 5.92 Å². The Hall–Kier alpha value is -3.41. The fraction of sp³-hybridized carbons (Fsp3) is 0.346. The van der Waals surface area contributed by atoms with Gasteiger partial charge in [-0.2, -0.15) is 0 Å². The van der Waals surface area contributed by atoms with Crippen LogP contribution in [0.5, 0.6) is 0 Å². The number of aromatic nitrogens is 2. The molecule has 0 bridgehead atoms. The summed E-state index contributed by atoms with van der Waals surface area (Å²) >= 11 is 0. The van der Waals surface area contributed by atoms with Crippen LogP contribution >= 0.6 is 0 Å². The molecule has 4 rings (SSSR count). The summed E-state index contributed by atoms with van der Waals surface area (Å²) in [7, 11) is 0. The van der Waals surface area contributed by atoms with Gasteiger partial charge < -0.3 is 15.2 Å². The lowest BCUT2D eigenvalue weighted by atomic mass is 9.87. The molecule has 0 saturated heterocycles. The van der Waals surface area contributed by atoms with Crippen LogP contribution in [0.4, 0.5) is 11.4 Å². The molecule has 0 atom stereocenters. The van der Waals surface area contributed by atoms with Crippen LogP contribution < -0.4 is 10.6 Å². The molecule has 1 aromatic heterocycles. The molecule has 0 radical (unpaired) electrons. The normalized spacial score (nSPS) is 14.2. The third-order valence-electron chi connectivity index (χ3n) is 5.98. The first-order valence-electron chi connectivity index (χ1n) is 11.3. The van der Waals surface area contributed by atoms with E-state index in [-0.39, 0.29) is 11.8 Å². The van der Waals surface area contributed by atoms with Crippen molar-refractivity contribution in [3.8, 4) is 0 Å². The SMILES string of the molecule is Cc1ccc(NC(=O)c2cn(Cc3ccc(NC(=O)CC4CCCCC4)cc3)cn2)cc1. The summed E-state index contributed by atoms with van der Waals surface area (Å²) in [6.07, 6.45) is 10.1. The Labute approximate surface area is 189 Å². The van der Waals surface area contributed by atoms with Gasteiger partial charge >= 0.3 is 0 Å². The second kappa shape index (κ2) is 10.3. The average molecular weight is 431 g/mol. The molecule has 6 heteroatoms. The summed E-state index contributed by atoms with van der Waals surface area (Å²) in [6, 6.07) is 15.5. The molecule has 0 aliphatic heterocycles. The van der Waals surface area contributed by atoms with E-state index >= 15 is 0 Å². The molecule has 6 nitrogen and oxygen atoms in total. The second-order valence-electron chi connectivity index (χ2n) is 8.70. The van der Waals surface area contributed by atoms with Crippen LogP contribution in [0.2, 0.25) is 0 Å². The lowest BCUT2D eigenvalue weighted by molar-refractivity contribution is -0.117. The van der Waals surface area contributed by atoms with Crippen LogP contribution in [0, 0.1) is 12.8 Å². The highest BCUT2D eigenvalue weighted by atomic mass is 16.2. The Morgan fingerprint density at radius 2 is 1.59 bits per heavy atom. The third kappa shape index (κ3) is 6.06. The Balaban J connectivity index is 1.29. The van der Waals surface area contributed by atoms with E-state index in [1.165, 1.54) is 32.1 Å². The Bertz CT molecular complexity index is 1050. The van der Waals surface area contributed by atoms with Gasteiger partial charge in [0.1, 0.15) is 5.69 Å². The smallest absolute Gasteiger partial charge is 0.275 e. The first-order valence-corrected chi connectivity index (χ1v) is 11.3. The van der Waals surface area contributed by atoms with Gasteiger partial charge in [0.15, 0.2) is 0 Å². The summed E-state index contributed by atoms with van der Waals surface area (Å²) in [5.41, 5.74) is 4.15. The van der Waals surface area contributed by atoms with Gasteiger partial charge in [0, 0.05) is 30.5 Å². The van der Waals surface area contributed by atoms with Crippen LogP contribution in [0.25, 0.3) is 0 Å². The highest BCUT2D eigenvalue weighted by molar-refractivity contribution is 6.02. The maximum Gasteiger partial charge on any atom is 0.275 e. The molecule has 1 saturated carbocycles. The lowest BCUT2D eigenvalue weighted by Crippen LogP contribution is -2.18. The number of benzene rings is 2. The molecule has 1 heterocycles. The van der Waals surface area contributed by atoms with Gasteiger partial charge in [-0.1, -0.05) is 49.1 Å². The average Bonchev–Trinajstić information content (AvgIpc) is 3.26. The van der Waals surface area contributed by atoms with Gasteiger partial charge in [-0.3, -0.25) is 9.59 Å². The molecule has 166 valence electrons. The number of aryl methyl sites for hydroxylation is 1. The molecular formula is C26H30N4O2. The van der Waals surface area contributed by atoms with E-state index in [9.17, 15) is 9.59 Å². The van der Waals surface area contributed by atoms with Gasteiger partial charge in [-0.25, -0.2) is 4.98 Å². The standard InChI is InChI=1S/C26H30N4O2/c1-19-7-11-23(12-8-19)29-26(32)24-17-30(18-27-24)16-21-9-13-22(14-10-21)28-25(31)15-20-5-3-2-4-6-20/h7-14,17-18,20H,2-6,15-16H2,1H3,(H,28,31)(H,29,32). The molecular weight excluding hydrogens is 400 g/mol. The van der Waals surface area contributed by atoms with Crippen molar-refractivity contribution in [3.05, 3.63) is 77.9 Å². The number of carbonyl (C=O) groups is 2. The quantitative estimate of drug-likeness (QED) is 0.527. The summed E-state index contributed by atoms with van der Waals surface area (Å²) in [6.45, 7) is 2.60. The van der Waals surface area contributed by atoms with E-state index in [2.05, 4.69) is 15.6 Å². The van der Waals surface area contributed by atoms with E-state index in [0.717, 1.165) is 22.5 Å². The van der Waals surface area contributed by atoms with Gasteiger partial charge in [0.2, 0.25) is 5.91 Å². The maximum atomic E-state index is 12.4. The fourth-order valence-electron chi connectivity index (χ4n) is 4.17. The molecule has 0 spiro atoms. The van der Waals surface area contributed by atoms with Crippen molar-refractivity contribution in [3.63, 3.8) is 0 Å². The van der Waals surface area contributed by atoms with Crippen molar-refractivity contribution in [1.82, 2.24) is 9.55 Å². The predicted molar refractivity (Wildman–Crippen MR) is 127 cm³/mol. The highest BCUT2D eigenvalue weighted by Crippen LogP contribution is 2.26. The third-order valence-corrected chi connectivity index (χ3v) is 5.98. The summed E-state index contributed by atoms with van der Waals surface area (Å²) in [5.74, 6) is 0.397. The van der Waals surface area contributed by atoms with Crippen LogP contribution in [-0.4, -0.2) is 21.4 Å². The summed E-state index contributed by atoms with van der Waals surface area (Å²) in [4.78, 5) is 29.0. The number of anilines is 2. The topological polar surface area (TPSA) is 76.0 Å². The Morgan fingerprint density at radius 3 is 2.31 bits per heavy atom. The van der Waals surface area contributed by atoms with E-state index in [1.807, 2.05) is 60.0 Å². The van der Waals surface area contributed by atoms with Gasteiger partial charge in [-0.05, 0) is 55.5 Å². The van der Waals surface area contributed by atoms with Crippen LogP contribution in [0.3, 0.4) is 0 Å². The summed E-state index contributed by atoms with van der Waals surface area (Å²) in [5, 5.41) is 5.88. The monoisotopic (exact) mass is 430 g/mol. The first kappa shape index (κ1) is 21.8. The number of rotatable bonds is 7. The van der Waals surface area contributed by atoms with Gasteiger partial charge in [0.25, 0.3) is 5.91 Å². The van der Waals surface area contributed by atoms with Crippen molar-refractivity contribution in [2.75, 3.05) is 10.6 Å². The van der Waals surface area contributed by atoms with Crippen molar-refractivity contribution in [1.29, 1.82) is 0 Å². The molecule has 32 heavy (non-hydrogen) atoms. The van der Waals surface area contributed by atoms with E-state index in [0.29, 0.717) is 24.6 Å². The minimum absolute atomic E-state index is 0.100. The largest absolute Gasteiger partial charge is 0.332 e. The molecule has 2 N–H and O–H groups in total. The van der Waals surface area contributed by atoms with Crippen molar-refractivity contribution in [2.45, 2.75) is 52.0 Å². The predicted octanol–water partition coefficient (Wildman–Crippen LogP) is 5.40. The fourth-order valence-corrected chi connectivity index (χ4v) is 4.17. The zero-order valence-corrected chi connectivity index (χ0v) is 18.5. The van der Waals surface area contributed by atoms with Crippen LogP contribution in [0.15, 0.2) is 61.1 Å². The maximum absolute atomic E-state index is 12.4. The number of imidazole rings is 1. The molecule has 3 aromatic rings. The van der Waals surface area contributed by atoms with E-state index in [1.54, 1.807) is 12.5 Å². The zero-order valence-electron chi connectivity index (χ0n) is 18.5. The van der Waals surface area contributed by atoms with Crippen molar-refractivity contribution >= 4 is 23.2 Å². The zero-order chi connectivity index (χ0) is 22.3. The first-order chi connectivity index (χ1) is 15.5. The Kier molecular flexibility index (Phi) is 7.00. The highest BCUT2D eigenvalue weighted by Gasteiger charge is 2.17. The second-order valence-corrected chi connectivity index (χ2v) is 8.70. The number of amides is 2. The number of carbonyl (C=O) groups excluding carboxylic acids is 2. The molecule has 1 aliphatic carbocycles. The van der Waals surface area contributed by atoms with Gasteiger partial charge in [-0.15, -0.1) is 0 Å². The number of hydrogen-bond acceptors (Lipinski definition) is 3. The van der Waals surface area contributed by atoms with Crippen LogP contribution in [0.1, 0.15) is 60.1 Å². The minimum Gasteiger partial charge on any atom is -0.332 e. The number of nitrogens with zero attached hydrogens (tertiary/aromatic N) is 2. The Morgan fingerprint density at radius 1 is 0.938 bits per heavy atom. The van der Waals surface area contributed by atoms with E-state index in [4.69, 9.17) is 0 Å².